The fraction of sp³-hybridized carbons (Fsp3) is 0.273. The first-order chi connectivity index (χ1) is 7.54. The fourth-order valence-corrected chi connectivity index (χ4v) is 1.35. The molecule has 0 heterocycles. The molecular weight excluding hydrogens is 208 g/mol. The molecule has 1 unspecified atom stereocenters. The van der Waals surface area contributed by atoms with Crippen LogP contribution < -0.4 is 10.6 Å². The number of likely N-dealkylation sites (N-methyl/N-ethyl adjacent to an activating group) is 1. The minimum absolute atomic E-state index is 0.0526. The number of hydrogen-bond acceptors (Lipinski definition) is 3. The normalized spacial score (nSPS) is 11.6. The topological polar surface area (TPSA) is 78.4 Å². The van der Waals surface area contributed by atoms with Crippen LogP contribution >= 0.6 is 0 Å². The van der Waals surface area contributed by atoms with Gasteiger partial charge in [-0.15, -0.1) is 0 Å². The van der Waals surface area contributed by atoms with Crippen LogP contribution in [0.15, 0.2) is 24.3 Å². The van der Waals surface area contributed by atoms with Crippen molar-refractivity contribution in [1.29, 1.82) is 0 Å². The van der Waals surface area contributed by atoms with Crippen LogP contribution in [0, 0.1) is 0 Å². The Morgan fingerprint density at radius 3 is 2.56 bits per heavy atom. The maximum atomic E-state index is 11.6. The number of rotatable bonds is 3. The van der Waals surface area contributed by atoms with Gasteiger partial charge < -0.3 is 15.7 Å². The monoisotopic (exact) mass is 222 g/mol. The number of carbonyl (C=O) groups is 2. The van der Waals surface area contributed by atoms with E-state index in [0.717, 1.165) is 0 Å². The Morgan fingerprint density at radius 1 is 1.38 bits per heavy atom. The van der Waals surface area contributed by atoms with Crippen LogP contribution in [0.3, 0.4) is 0 Å². The van der Waals surface area contributed by atoms with Gasteiger partial charge in [-0.05, 0) is 17.7 Å². The maximum absolute atomic E-state index is 11.6. The molecule has 0 aliphatic heterocycles. The minimum Gasteiger partial charge on any atom is -0.508 e. The van der Waals surface area contributed by atoms with Crippen molar-refractivity contribution in [2.24, 2.45) is 0 Å². The molecular formula is C11H14N2O3. The summed E-state index contributed by atoms with van der Waals surface area (Å²) in [6.07, 6.45) is 0. The van der Waals surface area contributed by atoms with Gasteiger partial charge >= 0.3 is 0 Å². The van der Waals surface area contributed by atoms with E-state index in [0.29, 0.717) is 5.56 Å². The highest BCUT2D eigenvalue weighted by Gasteiger charge is 2.20. The number of carbonyl (C=O) groups excluding carboxylic acids is 2. The standard InChI is InChI=1S/C11H14N2O3/c1-7(14)13-10(11(16)12-2)8-4-3-5-9(15)6-8/h3-6,10,15H,1-2H3,(H,12,16)(H,13,14). The Kier molecular flexibility index (Phi) is 3.88. The molecule has 16 heavy (non-hydrogen) atoms. The Labute approximate surface area is 93.5 Å². The Bertz CT molecular complexity index is 404. The molecule has 0 saturated heterocycles. The Hall–Kier alpha value is -2.04. The molecule has 5 nitrogen and oxygen atoms in total. The van der Waals surface area contributed by atoms with Gasteiger partial charge in [0.2, 0.25) is 11.8 Å². The van der Waals surface area contributed by atoms with Crippen molar-refractivity contribution < 1.29 is 14.7 Å². The van der Waals surface area contributed by atoms with Gasteiger partial charge in [0, 0.05) is 14.0 Å². The van der Waals surface area contributed by atoms with Crippen molar-refractivity contribution in [2.45, 2.75) is 13.0 Å². The predicted octanol–water partition coefficient (Wildman–Crippen LogP) is 0.315. The summed E-state index contributed by atoms with van der Waals surface area (Å²) >= 11 is 0. The molecule has 0 bridgehead atoms. The fourth-order valence-electron chi connectivity index (χ4n) is 1.35. The lowest BCUT2D eigenvalue weighted by atomic mass is 10.1. The molecule has 1 rings (SSSR count). The summed E-state index contributed by atoms with van der Waals surface area (Å²) in [6, 6.07) is 5.43. The second kappa shape index (κ2) is 5.16. The average Bonchev–Trinajstić information content (AvgIpc) is 2.24. The SMILES string of the molecule is CNC(=O)C(NC(C)=O)c1cccc(O)c1. The molecule has 5 heteroatoms. The van der Waals surface area contributed by atoms with E-state index < -0.39 is 6.04 Å². The lowest BCUT2D eigenvalue weighted by molar-refractivity contribution is -0.127. The molecule has 0 saturated carbocycles. The maximum Gasteiger partial charge on any atom is 0.246 e. The summed E-state index contributed by atoms with van der Waals surface area (Å²) in [5, 5.41) is 14.3. The van der Waals surface area contributed by atoms with Gasteiger partial charge in [0.15, 0.2) is 0 Å². The molecule has 86 valence electrons. The highest BCUT2D eigenvalue weighted by atomic mass is 16.3. The van der Waals surface area contributed by atoms with Crippen LogP contribution in [0.2, 0.25) is 0 Å². The lowest BCUT2D eigenvalue weighted by Gasteiger charge is -2.16. The number of benzene rings is 1. The molecule has 1 aromatic rings. The second-order valence-corrected chi connectivity index (χ2v) is 3.34. The lowest BCUT2D eigenvalue weighted by Crippen LogP contribution is -2.37. The Balaban J connectivity index is 3.00. The van der Waals surface area contributed by atoms with Crippen molar-refractivity contribution >= 4 is 11.8 Å². The van der Waals surface area contributed by atoms with Crippen LogP contribution in [0.4, 0.5) is 0 Å². The molecule has 0 aromatic heterocycles. The zero-order valence-electron chi connectivity index (χ0n) is 9.15. The van der Waals surface area contributed by atoms with Crippen LogP contribution in [-0.2, 0) is 9.59 Å². The van der Waals surface area contributed by atoms with Crippen molar-refractivity contribution in [3.63, 3.8) is 0 Å². The van der Waals surface area contributed by atoms with Gasteiger partial charge in [-0.25, -0.2) is 0 Å². The first-order valence-corrected chi connectivity index (χ1v) is 4.82. The van der Waals surface area contributed by atoms with Crippen molar-refractivity contribution in [3.05, 3.63) is 29.8 Å². The predicted molar refractivity (Wildman–Crippen MR) is 58.7 cm³/mol. The van der Waals surface area contributed by atoms with E-state index in [1.165, 1.54) is 26.1 Å². The van der Waals surface area contributed by atoms with Crippen molar-refractivity contribution in [1.82, 2.24) is 10.6 Å². The zero-order valence-corrected chi connectivity index (χ0v) is 9.15. The van der Waals surface area contributed by atoms with Crippen molar-refractivity contribution in [3.8, 4) is 5.75 Å². The highest BCUT2D eigenvalue weighted by molar-refractivity contribution is 5.87. The Morgan fingerprint density at radius 2 is 2.06 bits per heavy atom. The number of nitrogens with one attached hydrogen (secondary N) is 2. The molecule has 2 amide bonds. The molecule has 0 spiro atoms. The number of aromatic hydroxyl groups is 1. The van der Waals surface area contributed by atoms with Crippen molar-refractivity contribution in [2.75, 3.05) is 7.05 Å². The van der Waals surface area contributed by atoms with E-state index in [2.05, 4.69) is 10.6 Å². The average molecular weight is 222 g/mol. The largest absolute Gasteiger partial charge is 0.508 e. The van der Waals surface area contributed by atoms with Gasteiger partial charge in [-0.1, -0.05) is 12.1 Å². The molecule has 0 aliphatic carbocycles. The minimum atomic E-state index is -0.783. The molecule has 1 aromatic carbocycles. The summed E-state index contributed by atoms with van der Waals surface area (Å²) < 4.78 is 0. The molecule has 0 aliphatic rings. The van der Waals surface area contributed by atoms with Gasteiger partial charge in [0.1, 0.15) is 11.8 Å². The first kappa shape index (κ1) is 12.0. The highest BCUT2D eigenvalue weighted by Crippen LogP contribution is 2.18. The third-order valence-corrected chi connectivity index (χ3v) is 2.06. The van der Waals surface area contributed by atoms with E-state index in [1.807, 2.05) is 0 Å². The van der Waals surface area contributed by atoms with Crippen LogP contribution in [0.1, 0.15) is 18.5 Å². The summed E-state index contributed by atoms with van der Waals surface area (Å²) in [6.45, 7) is 1.33. The zero-order chi connectivity index (χ0) is 12.1. The third kappa shape index (κ3) is 2.98. The van der Waals surface area contributed by atoms with Crippen LogP contribution in [0.5, 0.6) is 5.75 Å². The van der Waals surface area contributed by atoms with E-state index >= 15 is 0 Å². The summed E-state index contributed by atoms with van der Waals surface area (Å²) in [5.41, 5.74) is 0.537. The molecule has 1 atom stereocenters. The first-order valence-electron chi connectivity index (χ1n) is 4.82. The van der Waals surface area contributed by atoms with E-state index in [9.17, 15) is 14.7 Å². The van der Waals surface area contributed by atoms with E-state index in [1.54, 1.807) is 12.1 Å². The third-order valence-electron chi connectivity index (χ3n) is 2.06. The molecule has 3 N–H and O–H groups in total. The second-order valence-electron chi connectivity index (χ2n) is 3.34. The number of hydrogen-bond donors (Lipinski definition) is 3. The number of phenols is 1. The number of amides is 2. The van der Waals surface area contributed by atoms with Gasteiger partial charge in [-0.2, -0.15) is 0 Å². The summed E-state index contributed by atoms with van der Waals surface area (Å²) in [5.74, 6) is -0.588. The quantitative estimate of drug-likeness (QED) is 0.689. The summed E-state index contributed by atoms with van der Waals surface area (Å²) in [4.78, 5) is 22.5. The molecule has 0 fully saturated rings. The van der Waals surface area contributed by atoms with Gasteiger partial charge in [0.05, 0.1) is 0 Å². The van der Waals surface area contributed by atoms with Gasteiger partial charge in [-0.3, -0.25) is 9.59 Å². The molecule has 0 radical (unpaired) electrons. The smallest absolute Gasteiger partial charge is 0.246 e. The van der Waals surface area contributed by atoms with Gasteiger partial charge in [0.25, 0.3) is 0 Å². The van der Waals surface area contributed by atoms with Crippen LogP contribution in [-0.4, -0.2) is 24.0 Å². The van der Waals surface area contributed by atoms with E-state index in [4.69, 9.17) is 0 Å². The van der Waals surface area contributed by atoms with E-state index in [-0.39, 0.29) is 17.6 Å². The summed E-state index contributed by atoms with van der Waals surface area (Å²) in [7, 11) is 1.49. The number of phenolic OH excluding ortho intramolecular Hbond substituents is 1. The van der Waals surface area contributed by atoms with Crippen LogP contribution in [0.25, 0.3) is 0 Å².